The Balaban J connectivity index is 2.31. The van der Waals surface area contributed by atoms with Crippen LogP contribution in [0.25, 0.3) is 0 Å². The number of rotatable bonds is 10. The SMILES string of the molecule is CCC(CC)NC1C(=O)C(=O)C1Nc1ccc(Cl)c(S(C)(=O)=NCCN(C)C)c1O. The summed E-state index contributed by atoms with van der Waals surface area (Å²) in [6.45, 7) is 4.92. The highest BCUT2D eigenvalue weighted by molar-refractivity contribution is 7.93. The molecule has 0 saturated heterocycles. The lowest BCUT2D eigenvalue weighted by atomic mass is 9.82. The largest absolute Gasteiger partial charge is 0.504 e. The highest BCUT2D eigenvalue weighted by atomic mass is 35.5. The number of nitrogens with zero attached hydrogens (tertiary/aromatic N) is 2. The Kier molecular flexibility index (Phi) is 8.27. The summed E-state index contributed by atoms with van der Waals surface area (Å²) in [4.78, 5) is 26.2. The summed E-state index contributed by atoms with van der Waals surface area (Å²) in [5.74, 6) is -1.36. The molecule has 1 aromatic carbocycles. The van der Waals surface area contributed by atoms with Crippen LogP contribution in [0, 0.1) is 0 Å². The highest BCUT2D eigenvalue weighted by Gasteiger charge is 2.49. The Labute approximate surface area is 183 Å². The van der Waals surface area contributed by atoms with Gasteiger partial charge in [0.25, 0.3) is 0 Å². The molecule has 0 aliphatic heterocycles. The summed E-state index contributed by atoms with van der Waals surface area (Å²) in [6.07, 6.45) is 3.07. The lowest BCUT2D eigenvalue weighted by molar-refractivity contribution is -0.145. The molecule has 0 bridgehead atoms. The molecule has 0 spiro atoms. The number of likely N-dealkylation sites (N-methyl/N-ethyl adjacent to an activating group) is 1. The Hall–Kier alpha value is -1.68. The number of ketones is 2. The monoisotopic (exact) mass is 458 g/mol. The number of carbonyl (C=O) groups excluding carboxylic acids is 2. The van der Waals surface area contributed by atoms with E-state index in [1.165, 1.54) is 18.4 Å². The third-order valence-electron chi connectivity index (χ3n) is 5.20. The van der Waals surface area contributed by atoms with Gasteiger partial charge in [-0.2, -0.15) is 0 Å². The van der Waals surface area contributed by atoms with Gasteiger partial charge in [0.1, 0.15) is 17.0 Å². The van der Waals surface area contributed by atoms with Crippen LogP contribution in [0.3, 0.4) is 0 Å². The lowest BCUT2D eigenvalue weighted by Gasteiger charge is -2.37. The smallest absolute Gasteiger partial charge is 0.224 e. The van der Waals surface area contributed by atoms with Crippen LogP contribution in [0.1, 0.15) is 26.7 Å². The van der Waals surface area contributed by atoms with Crippen molar-refractivity contribution in [1.29, 1.82) is 0 Å². The molecule has 3 atom stereocenters. The van der Waals surface area contributed by atoms with Crippen LogP contribution < -0.4 is 10.6 Å². The molecule has 8 nitrogen and oxygen atoms in total. The van der Waals surface area contributed by atoms with Crippen LogP contribution in [0.5, 0.6) is 5.75 Å². The molecule has 1 saturated carbocycles. The van der Waals surface area contributed by atoms with Gasteiger partial charge in [0.15, 0.2) is 5.75 Å². The third kappa shape index (κ3) is 5.32. The zero-order valence-electron chi connectivity index (χ0n) is 18.1. The fourth-order valence-electron chi connectivity index (χ4n) is 3.28. The molecule has 1 aromatic rings. The van der Waals surface area contributed by atoms with Crippen LogP contribution >= 0.6 is 11.6 Å². The van der Waals surface area contributed by atoms with Crippen LogP contribution in [0.4, 0.5) is 5.69 Å². The van der Waals surface area contributed by atoms with Crippen molar-refractivity contribution >= 4 is 38.6 Å². The minimum absolute atomic E-state index is 0.0236. The number of Topliss-reactive ketones (excluding diaryl/α,β-unsaturated/α-hetero) is 2. The summed E-state index contributed by atoms with van der Waals surface area (Å²) in [7, 11) is 0.790. The number of benzene rings is 1. The first kappa shape index (κ1) is 24.6. The van der Waals surface area contributed by atoms with Crippen molar-refractivity contribution in [2.45, 2.75) is 49.7 Å². The Morgan fingerprint density at radius 1 is 1.20 bits per heavy atom. The van der Waals surface area contributed by atoms with Crippen molar-refractivity contribution in [1.82, 2.24) is 10.2 Å². The normalized spacial score (nSPS) is 20.9. The van der Waals surface area contributed by atoms with Gasteiger partial charge in [0.2, 0.25) is 11.6 Å². The Morgan fingerprint density at radius 3 is 2.37 bits per heavy atom. The minimum Gasteiger partial charge on any atom is -0.504 e. The number of hydrogen-bond donors (Lipinski definition) is 3. The van der Waals surface area contributed by atoms with Crippen molar-refractivity contribution in [3.8, 4) is 5.75 Å². The van der Waals surface area contributed by atoms with Gasteiger partial charge in [-0.25, -0.2) is 8.57 Å². The summed E-state index contributed by atoms with van der Waals surface area (Å²) >= 11 is 6.23. The van der Waals surface area contributed by atoms with E-state index < -0.39 is 33.4 Å². The van der Waals surface area contributed by atoms with Crippen LogP contribution in [-0.2, 0) is 19.3 Å². The van der Waals surface area contributed by atoms with Gasteiger partial charge in [-0.1, -0.05) is 25.4 Å². The van der Waals surface area contributed by atoms with Crippen molar-refractivity contribution in [2.24, 2.45) is 4.36 Å². The van der Waals surface area contributed by atoms with Crippen LogP contribution in [0.2, 0.25) is 5.02 Å². The molecule has 2 rings (SSSR count). The number of phenolic OH excluding ortho intramolecular Hbond substituents is 1. The van der Waals surface area contributed by atoms with Crippen molar-refractivity contribution in [3.05, 3.63) is 17.2 Å². The fraction of sp³-hybridized carbons (Fsp3) is 0.600. The van der Waals surface area contributed by atoms with E-state index in [0.717, 1.165) is 12.8 Å². The first-order chi connectivity index (χ1) is 14.0. The summed E-state index contributed by atoms with van der Waals surface area (Å²) < 4.78 is 17.4. The number of nitrogens with one attached hydrogen (secondary N) is 2. The zero-order chi connectivity index (χ0) is 22.6. The zero-order valence-corrected chi connectivity index (χ0v) is 19.6. The predicted molar refractivity (Wildman–Crippen MR) is 120 cm³/mol. The maximum Gasteiger partial charge on any atom is 0.224 e. The number of anilines is 1. The van der Waals surface area contributed by atoms with E-state index in [0.29, 0.717) is 13.1 Å². The lowest BCUT2D eigenvalue weighted by Crippen LogP contribution is -2.68. The van der Waals surface area contributed by atoms with Gasteiger partial charge in [-0.05, 0) is 39.1 Å². The highest BCUT2D eigenvalue weighted by Crippen LogP contribution is 2.38. The minimum atomic E-state index is -2.97. The number of halogens is 1. The van der Waals surface area contributed by atoms with E-state index in [2.05, 4.69) is 15.0 Å². The van der Waals surface area contributed by atoms with E-state index in [1.807, 2.05) is 32.8 Å². The molecule has 168 valence electrons. The molecule has 0 aromatic heterocycles. The molecule has 30 heavy (non-hydrogen) atoms. The second kappa shape index (κ2) is 10.1. The quantitative estimate of drug-likeness (QED) is 0.364. The van der Waals surface area contributed by atoms with Gasteiger partial charge in [0.05, 0.1) is 27.0 Å². The summed E-state index contributed by atoms with van der Waals surface area (Å²) in [5.41, 5.74) is 0.189. The number of phenols is 1. The first-order valence-corrected chi connectivity index (χ1v) is 12.3. The summed E-state index contributed by atoms with van der Waals surface area (Å²) in [5, 5.41) is 17.0. The molecular weight excluding hydrogens is 428 g/mol. The molecule has 0 amide bonds. The maximum absolute atomic E-state index is 13.1. The molecule has 1 aliphatic carbocycles. The Morgan fingerprint density at radius 2 is 1.80 bits per heavy atom. The molecule has 1 aliphatic rings. The van der Waals surface area contributed by atoms with Crippen LogP contribution in [0.15, 0.2) is 21.4 Å². The van der Waals surface area contributed by atoms with E-state index in [9.17, 15) is 18.9 Å². The van der Waals surface area contributed by atoms with Gasteiger partial charge >= 0.3 is 0 Å². The van der Waals surface area contributed by atoms with Crippen molar-refractivity contribution in [2.75, 3.05) is 38.8 Å². The average Bonchev–Trinajstić information content (AvgIpc) is 2.68. The molecular formula is C20H31ClN4O4S. The van der Waals surface area contributed by atoms with Crippen LogP contribution in [-0.4, -0.2) is 77.3 Å². The molecule has 0 heterocycles. The van der Waals surface area contributed by atoms with Gasteiger partial charge in [0, 0.05) is 18.8 Å². The molecule has 0 radical (unpaired) electrons. The van der Waals surface area contributed by atoms with E-state index in [1.54, 1.807) is 0 Å². The second-order valence-corrected chi connectivity index (χ2v) is 10.4. The average molecular weight is 459 g/mol. The third-order valence-corrected chi connectivity index (χ3v) is 7.47. The van der Waals surface area contributed by atoms with Crippen molar-refractivity contribution in [3.63, 3.8) is 0 Å². The van der Waals surface area contributed by atoms with E-state index in [4.69, 9.17) is 11.6 Å². The standard InChI is InChI=1S/C20H31ClN4O4S/c1-6-12(7-2)23-15-16(19(28)18(15)27)24-14-9-8-13(21)20(17(14)26)30(5,29)22-10-11-25(3)4/h8-9,12,15-16,23-24,26H,6-7,10-11H2,1-5H3. The Bertz CT molecular complexity index is 924. The molecule has 10 heteroatoms. The molecule has 3 N–H and O–H groups in total. The van der Waals surface area contributed by atoms with E-state index in [-0.39, 0.29) is 27.4 Å². The maximum atomic E-state index is 13.1. The van der Waals surface area contributed by atoms with Gasteiger partial charge in [-0.15, -0.1) is 0 Å². The van der Waals surface area contributed by atoms with E-state index >= 15 is 0 Å². The number of carbonyl (C=O) groups is 2. The topological polar surface area (TPSA) is 111 Å². The van der Waals surface area contributed by atoms with Crippen molar-refractivity contribution < 1.29 is 18.9 Å². The first-order valence-electron chi connectivity index (χ1n) is 9.98. The fourth-order valence-corrected chi connectivity index (χ4v) is 5.32. The number of hydrogen-bond acceptors (Lipinski definition) is 8. The number of aromatic hydroxyl groups is 1. The van der Waals surface area contributed by atoms with Gasteiger partial charge < -0.3 is 20.6 Å². The predicted octanol–water partition coefficient (Wildman–Crippen LogP) is 2.14. The summed E-state index contributed by atoms with van der Waals surface area (Å²) in [6, 6.07) is 1.63. The molecule has 1 fully saturated rings. The van der Waals surface area contributed by atoms with Gasteiger partial charge in [-0.3, -0.25) is 9.59 Å². The second-order valence-electron chi connectivity index (χ2n) is 7.74. The molecule has 3 unspecified atom stereocenters.